The highest BCUT2D eigenvalue weighted by molar-refractivity contribution is 6.30. The Bertz CT molecular complexity index is 1380. The number of halogens is 1. The molecule has 0 fully saturated rings. The van der Waals surface area contributed by atoms with Crippen LogP contribution in [-0.4, -0.2) is 17.1 Å². The second kappa shape index (κ2) is 16.7. The monoisotopic (exact) mass is 603 g/mol. The number of ether oxygens (including phenoxy) is 1. The van der Waals surface area contributed by atoms with Gasteiger partial charge in [0.2, 0.25) is 0 Å². The zero-order chi connectivity index (χ0) is 30.5. The zero-order valence-corrected chi connectivity index (χ0v) is 26.4. The Morgan fingerprint density at radius 2 is 1.60 bits per heavy atom. The number of hydrogen-bond acceptors (Lipinski definition) is 4. The Kier molecular flexibility index (Phi) is 12.7. The summed E-state index contributed by atoms with van der Waals surface area (Å²) in [5.74, 6) is 0.895. The van der Waals surface area contributed by atoms with E-state index >= 15 is 0 Å². The maximum absolute atomic E-state index is 13.5. The van der Waals surface area contributed by atoms with Gasteiger partial charge >= 0.3 is 0 Å². The van der Waals surface area contributed by atoms with Gasteiger partial charge in [0.05, 0.1) is 6.10 Å². The maximum Gasteiger partial charge on any atom is 0.275 e. The Hall–Kier alpha value is -3.12. The lowest BCUT2D eigenvalue weighted by atomic mass is 9.81. The van der Waals surface area contributed by atoms with Crippen molar-refractivity contribution in [3.05, 3.63) is 101 Å². The Balaban J connectivity index is 1.34. The van der Waals surface area contributed by atoms with Gasteiger partial charge in [-0.05, 0) is 72.7 Å². The number of carbonyl (C=O) groups is 1. The first-order valence-electron chi connectivity index (χ1n) is 15.9. The summed E-state index contributed by atoms with van der Waals surface area (Å²) in [6, 6.07) is 18.6. The van der Waals surface area contributed by atoms with Gasteiger partial charge in [-0.25, -0.2) is 5.48 Å². The molecule has 43 heavy (non-hydrogen) atoms. The average molecular weight is 604 g/mol. The van der Waals surface area contributed by atoms with Gasteiger partial charge in [-0.2, -0.15) is 0 Å². The third-order valence-corrected chi connectivity index (χ3v) is 8.36. The number of benzene rings is 3. The molecule has 0 spiro atoms. The summed E-state index contributed by atoms with van der Waals surface area (Å²) in [5.41, 5.74) is 2.20. The molecule has 0 radical (unpaired) electrons. The molecule has 0 aromatic heterocycles. The number of aliphatic hydroxyl groups is 1. The molecule has 6 heteroatoms. The quantitative estimate of drug-likeness (QED) is 0.119. The summed E-state index contributed by atoms with van der Waals surface area (Å²) in [6.45, 7) is 4.24. The van der Waals surface area contributed by atoms with Crippen molar-refractivity contribution in [1.82, 2.24) is 5.48 Å². The highest BCUT2D eigenvalue weighted by Crippen LogP contribution is 2.39. The lowest BCUT2D eigenvalue weighted by Gasteiger charge is -2.30. The molecule has 230 valence electrons. The molecule has 1 amide bonds. The SMILES string of the molecule is CCCCCCCCCCCCC(C)ONC(=O)c1ccc2ccccc2c1C1(O)C=CC(Oc2ccc(Cl)cc2)=CC1. The number of fused-ring (bicyclic) bond motifs is 1. The molecule has 0 bridgehead atoms. The Morgan fingerprint density at radius 3 is 2.28 bits per heavy atom. The summed E-state index contributed by atoms with van der Waals surface area (Å²) >= 11 is 5.99. The van der Waals surface area contributed by atoms with Gasteiger partial charge < -0.3 is 9.84 Å². The van der Waals surface area contributed by atoms with Crippen LogP contribution < -0.4 is 10.2 Å². The van der Waals surface area contributed by atoms with Crippen LogP contribution >= 0.6 is 11.6 Å². The van der Waals surface area contributed by atoms with E-state index in [1.165, 1.54) is 57.8 Å². The van der Waals surface area contributed by atoms with E-state index in [9.17, 15) is 9.90 Å². The molecule has 0 aliphatic heterocycles. The fourth-order valence-corrected chi connectivity index (χ4v) is 5.75. The van der Waals surface area contributed by atoms with Crippen LogP contribution in [0, 0.1) is 0 Å². The fourth-order valence-electron chi connectivity index (χ4n) is 5.63. The van der Waals surface area contributed by atoms with E-state index in [2.05, 4.69) is 12.4 Å². The number of rotatable bonds is 17. The standard InChI is InChI=1S/C37H46ClNO4/c1-3-4-5-6-7-8-9-10-11-12-15-28(2)43-39-36(40)34-23-18-29-16-13-14-17-33(29)35(34)37(41)26-24-32(25-27-37)42-31-21-19-30(38)20-22-31/h13-14,16-26,28,41H,3-12,15,27H2,1-2H3,(H,39,40). The lowest BCUT2D eigenvalue weighted by molar-refractivity contribution is -0.0123. The second-order valence-corrected chi connectivity index (χ2v) is 12.1. The number of nitrogens with one attached hydrogen (secondary N) is 1. The van der Waals surface area contributed by atoms with Gasteiger partial charge in [-0.1, -0.05) is 113 Å². The molecule has 5 nitrogen and oxygen atoms in total. The van der Waals surface area contributed by atoms with Crippen LogP contribution in [0.3, 0.4) is 0 Å². The van der Waals surface area contributed by atoms with E-state index in [0.29, 0.717) is 27.7 Å². The van der Waals surface area contributed by atoms with Crippen molar-refractivity contribution in [2.75, 3.05) is 0 Å². The summed E-state index contributed by atoms with van der Waals surface area (Å²) in [7, 11) is 0. The number of carbonyl (C=O) groups excluding carboxylic acids is 1. The fraction of sp³-hybridized carbons (Fsp3) is 0.432. The first kappa shape index (κ1) is 32.8. The van der Waals surface area contributed by atoms with Crippen molar-refractivity contribution >= 4 is 28.3 Å². The van der Waals surface area contributed by atoms with Gasteiger partial charge in [0.1, 0.15) is 17.1 Å². The molecule has 0 heterocycles. The minimum absolute atomic E-state index is 0.102. The van der Waals surface area contributed by atoms with E-state index in [0.717, 1.165) is 23.6 Å². The molecule has 0 saturated heterocycles. The van der Waals surface area contributed by atoms with Crippen LogP contribution in [-0.2, 0) is 10.4 Å². The smallest absolute Gasteiger partial charge is 0.275 e. The van der Waals surface area contributed by atoms with Crippen molar-refractivity contribution in [2.45, 2.75) is 103 Å². The highest BCUT2D eigenvalue weighted by atomic mass is 35.5. The Morgan fingerprint density at radius 1 is 0.930 bits per heavy atom. The first-order chi connectivity index (χ1) is 20.9. The predicted octanol–water partition coefficient (Wildman–Crippen LogP) is 9.96. The second-order valence-electron chi connectivity index (χ2n) is 11.7. The van der Waals surface area contributed by atoms with E-state index in [1.807, 2.05) is 43.3 Å². The number of amides is 1. The van der Waals surface area contributed by atoms with Crippen LogP contribution in [0.4, 0.5) is 0 Å². The van der Waals surface area contributed by atoms with E-state index in [4.69, 9.17) is 21.2 Å². The van der Waals surface area contributed by atoms with Crippen molar-refractivity contribution in [2.24, 2.45) is 0 Å². The van der Waals surface area contributed by atoms with Crippen LogP contribution in [0.2, 0.25) is 5.02 Å². The van der Waals surface area contributed by atoms with Crippen molar-refractivity contribution in [3.8, 4) is 5.75 Å². The van der Waals surface area contributed by atoms with Gasteiger partial charge in [0, 0.05) is 22.6 Å². The zero-order valence-electron chi connectivity index (χ0n) is 25.6. The molecule has 4 rings (SSSR count). The summed E-state index contributed by atoms with van der Waals surface area (Å²) in [5, 5.41) is 14.3. The summed E-state index contributed by atoms with van der Waals surface area (Å²) in [6.07, 6.45) is 19.2. The van der Waals surface area contributed by atoms with Crippen LogP contribution in [0.15, 0.2) is 84.7 Å². The van der Waals surface area contributed by atoms with Crippen LogP contribution in [0.25, 0.3) is 10.8 Å². The van der Waals surface area contributed by atoms with Gasteiger partial charge in [0.25, 0.3) is 5.91 Å². The number of allylic oxidation sites excluding steroid dienone is 1. The molecule has 0 saturated carbocycles. The number of hydroxylamine groups is 1. The molecule has 3 aromatic rings. The van der Waals surface area contributed by atoms with Crippen LogP contribution in [0.1, 0.15) is 107 Å². The highest BCUT2D eigenvalue weighted by Gasteiger charge is 2.34. The molecule has 2 atom stereocenters. The molecule has 1 aliphatic carbocycles. The van der Waals surface area contributed by atoms with Crippen molar-refractivity contribution in [1.29, 1.82) is 0 Å². The number of hydrogen-bond donors (Lipinski definition) is 2. The van der Waals surface area contributed by atoms with Gasteiger partial charge in [0.15, 0.2) is 0 Å². The lowest BCUT2D eigenvalue weighted by Crippen LogP contribution is -2.33. The van der Waals surface area contributed by atoms with E-state index in [-0.39, 0.29) is 18.4 Å². The third-order valence-electron chi connectivity index (χ3n) is 8.11. The molecular weight excluding hydrogens is 558 g/mol. The largest absolute Gasteiger partial charge is 0.458 e. The summed E-state index contributed by atoms with van der Waals surface area (Å²) < 4.78 is 5.95. The van der Waals surface area contributed by atoms with E-state index < -0.39 is 5.60 Å². The minimum atomic E-state index is -1.40. The molecule has 2 unspecified atom stereocenters. The third kappa shape index (κ3) is 9.69. The van der Waals surface area contributed by atoms with Crippen LogP contribution in [0.5, 0.6) is 5.75 Å². The van der Waals surface area contributed by atoms with Crippen molar-refractivity contribution in [3.63, 3.8) is 0 Å². The molecule has 1 aliphatic rings. The van der Waals surface area contributed by atoms with Gasteiger partial charge in [-0.15, -0.1) is 0 Å². The number of unbranched alkanes of at least 4 members (excludes halogenated alkanes) is 9. The maximum atomic E-state index is 13.5. The molecule has 2 N–H and O–H groups in total. The molecular formula is C37H46ClNO4. The topological polar surface area (TPSA) is 67.8 Å². The summed E-state index contributed by atoms with van der Waals surface area (Å²) in [4.78, 5) is 19.2. The average Bonchev–Trinajstić information content (AvgIpc) is 3.02. The normalized spacial score (nSPS) is 17.1. The predicted molar refractivity (Wildman–Crippen MR) is 176 cm³/mol. The van der Waals surface area contributed by atoms with Gasteiger partial charge in [-0.3, -0.25) is 9.63 Å². The Labute approximate surface area is 261 Å². The minimum Gasteiger partial charge on any atom is -0.458 e. The molecule has 3 aromatic carbocycles. The van der Waals surface area contributed by atoms with E-state index in [1.54, 1.807) is 42.5 Å². The van der Waals surface area contributed by atoms with Crippen molar-refractivity contribution < 1.29 is 19.5 Å². The first-order valence-corrected chi connectivity index (χ1v) is 16.3.